The first-order chi connectivity index (χ1) is 14.1. The van der Waals surface area contributed by atoms with Gasteiger partial charge in [0.15, 0.2) is 0 Å². The van der Waals surface area contributed by atoms with Gasteiger partial charge >= 0.3 is 0 Å². The van der Waals surface area contributed by atoms with E-state index in [1.165, 1.54) is 5.52 Å². The monoisotopic (exact) mass is 397 g/mol. The van der Waals surface area contributed by atoms with Crippen molar-refractivity contribution < 1.29 is 9.59 Å². The second-order valence-electron chi connectivity index (χ2n) is 8.17. The first kappa shape index (κ1) is 19.9. The lowest BCUT2D eigenvalue weighted by Crippen LogP contribution is -2.53. The highest BCUT2D eigenvalue weighted by molar-refractivity contribution is 5.80. The number of nitrogens with zero attached hydrogens (tertiary/aromatic N) is 5. The zero-order valence-electron chi connectivity index (χ0n) is 17.5. The van der Waals surface area contributed by atoms with Crippen molar-refractivity contribution in [2.45, 2.75) is 39.8 Å². The smallest absolute Gasteiger partial charge is 0.227 e. The van der Waals surface area contributed by atoms with E-state index in [-0.39, 0.29) is 17.7 Å². The van der Waals surface area contributed by atoms with Crippen LogP contribution in [0.5, 0.6) is 0 Å². The van der Waals surface area contributed by atoms with Crippen LogP contribution < -0.4 is 0 Å². The molecule has 2 aliphatic rings. The summed E-state index contributed by atoms with van der Waals surface area (Å²) in [5, 5.41) is 0. The molecular weight excluding hydrogens is 366 g/mol. The van der Waals surface area contributed by atoms with Gasteiger partial charge in [-0.05, 0) is 38.4 Å². The van der Waals surface area contributed by atoms with Crippen LogP contribution in [0.3, 0.4) is 0 Å². The number of likely N-dealkylation sites (tertiary alicyclic amines) is 1. The molecule has 3 heterocycles. The third-order valence-electron chi connectivity index (χ3n) is 6.31. The Hall–Kier alpha value is -2.41. The summed E-state index contributed by atoms with van der Waals surface area (Å²) >= 11 is 0. The van der Waals surface area contributed by atoms with Gasteiger partial charge in [0.2, 0.25) is 11.8 Å². The molecule has 0 spiro atoms. The minimum absolute atomic E-state index is 0.0482. The molecule has 2 amide bonds. The standard InChI is InChI=1S/C22H31N5O2/c1-3-27-20-9-5-4-8-19(20)23-21(27)16-24-10-6-7-18(15-24)22(29)26-13-11-25(12-14-26)17(2)28/h4-5,8-9,18H,3,6-7,10-16H2,1-2H3/t18-/m0/s1. The van der Waals surface area contributed by atoms with E-state index >= 15 is 0 Å². The fourth-order valence-corrected chi connectivity index (χ4v) is 4.70. The van der Waals surface area contributed by atoms with E-state index < -0.39 is 0 Å². The third kappa shape index (κ3) is 4.15. The molecule has 0 N–H and O–H groups in total. The van der Waals surface area contributed by atoms with Crippen molar-refractivity contribution in [3.05, 3.63) is 30.1 Å². The summed E-state index contributed by atoms with van der Waals surface area (Å²) in [6.07, 6.45) is 1.99. The fraction of sp³-hybridized carbons (Fsp3) is 0.591. The number of carbonyl (C=O) groups excluding carboxylic acids is 2. The maximum atomic E-state index is 13.1. The van der Waals surface area contributed by atoms with Crippen LogP contribution >= 0.6 is 0 Å². The summed E-state index contributed by atoms with van der Waals surface area (Å²) in [7, 11) is 0. The first-order valence-corrected chi connectivity index (χ1v) is 10.8. The average Bonchev–Trinajstić information content (AvgIpc) is 3.10. The molecule has 7 nitrogen and oxygen atoms in total. The van der Waals surface area contributed by atoms with Crippen LogP contribution in [-0.4, -0.2) is 75.3 Å². The van der Waals surface area contributed by atoms with E-state index in [0.717, 1.165) is 50.4 Å². The summed E-state index contributed by atoms with van der Waals surface area (Å²) in [5.74, 6) is 1.48. The number of aryl methyl sites for hydroxylation is 1. The van der Waals surface area contributed by atoms with Gasteiger partial charge in [-0.15, -0.1) is 0 Å². The lowest BCUT2D eigenvalue weighted by atomic mass is 9.96. The molecule has 0 saturated carbocycles. The minimum atomic E-state index is 0.0482. The Balaban J connectivity index is 1.40. The predicted octanol–water partition coefficient (Wildman–Crippen LogP) is 1.96. The molecule has 2 saturated heterocycles. The van der Waals surface area contributed by atoms with Crippen molar-refractivity contribution in [3.8, 4) is 0 Å². The lowest BCUT2D eigenvalue weighted by molar-refractivity contribution is -0.142. The molecular formula is C22H31N5O2. The van der Waals surface area contributed by atoms with Crippen molar-refractivity contribution >= 4 is 22.8 Å². The van der Waals surface area contributed by atoms with Gasteiger partial charge in [0.1, 0.15) is 5.82 Å². The van der Waals surface area contributed by atoms with Crippen LogP contribution in [0.15, 0.2) is 24.3 Å². The van der Waals surface area contributed by atoms with Crippen LogP contribution in [0.1, 0.15) is 32.5 Å². The number of aromatic nitrogens is 2. The highest BCUT2D eigenvalue weighted by Gasteiger charge is 2.31. The molecule has 2 fully saturated rings. The molecule has 0 aliphatic carbocycles. The Bertz CT molecular complexity index is 884. The van der Waals surface area contributed by atoms with Crippen molar-refractivity contribution in [2.24, 2.45) is 5.92 Å². The van der Waals surface area contributed by atoms with Crippen LogP contribution in [-0.2, 0) is 22.7 Å². The average molecular weight is 398 g/mol. The van der Waals surface area contributed by atoms with Gasteiger partial charge < -0.3 is 14.4 Å². The Morgan fingerprint density at radius 3 is 2.52 bits per heavy atom. The van der Waals surface area contributed by atoms with Gasteiger partial charge in [0.05, 0.1) is 23.5 Å². The number of fused-ring (bicyclic) bond motifs is 1. The summed E-state index contributed by atoms with van der Waals surface area (Å²) < 4.78 is 2.28. The maximum Gasteiger partial charge on any atom is 0.227 e. The van der Waals surface area contributed by atoms with Gasteiger partial charge in [-0.25, -0.2) is 4.98 Å². The molecule has 1 atom stereocenters. The summed E-state index contributed by atoms with van der Waals surface area (Å²) in [4.78, 5) is 35.6. The second-order valence-corrected chi connectivity index (χ2v) is 8.17. The van der Waals surface area contributed by atoms with E-state index in [1.807, 2.05) is 15.9 Å². The van der Waals surface area contributed by atoms with Gasteiger partial charge in [-0.3, -0.25) is 14.5 Å². The van der Waals surface area contributed by atoms with Crippen LogP contribution in [0, 0.1) is 5.92 Å². The fourth-order valence-electron chi connectivity index (χ4n) is 4.70. The van der Waals surface area contributed by atoms with E-state index in [4.69, 9.17) is 4.98 Å². The van der Waals surface area contributed by atoms with Gasteiger partial charge in [-0.1, -0.05) is 12.1 Å². The summed E-state index contributed by atoms with van der Waals surface area (Å²) in [6.45, 7) is 9.84. The number of piperidine rings is 1. The summed E-state index contributed by atoms with van der Waals surface area (Å²) in [5.41, 5.74) is 2.22. The molecule has 2 aromatic rings. The van der Waals surface area contributed by atoms with Crippen molar-refractivity contribution in [3.63, 3.8) is 0 Å². The summed E-state index contributed by atoms with van der Waals surface area (Å²) in [6, 6.07) is 8.27. The molecule has 1 aromatic carbocycles. The zero-order chi connectivity index (χ0) is 20.4. The topological polar surface area (TPSA) is 61.7 Å². The predicted molar refractivity (Wildman–Crippen MR) is 112 cm³/mol. The molecule has 29 heavy (non-hydrogen) atoms. The van der Waals surface area contributed by atoms with E-state index in [0.29, 0.717) is 26.2 Å². The number of hydrogen-bond acceptors (Lipinski definition) is 4. The van der Waals surface area contributed by atoms with Crippen molar-refractivity contribution in [1.82, 2.24) is 24.3 Å². The Kier molecular flexibility index (Phi) is 5.85. The Morgan fingerprint density at radius 2 is 1.79 bits per heavy atom. The van der Waals surface area contributed by atoms with Crippen molar-refractivity contribution in [1.29, 1.82) is 0 Å². The number of benzene rings is 1. The van der Waals surface area contributed by atoms with Crippen LogP contribution in [0.25, 0.3) is 11.0 Å². The maximum absolute atomic E-state index is 13.1. The first-order valence-electron chi connectivity index (χ1n) is 10.8. The Morgan fingerprint density at radius 1 is 1.07 bits per heavy atom. The quantitative estimate of drug-likeness (QED) is 0.791. The van der Waals surface area contributed by atoms with E-state index in [2.05, 4.69) is 34.6 Å². The molecule has 2 aliphatic heterocycles. The van der Waals surface area contributed by atoms with E-state index in [1.54, 1.807) is 6.92 Å². The number of rotatable bonds is 4. The molecule has 1 aromatic heterocycles. The SMILES string of the molecule is CCn1c(CN2CCC[C@H](C(=O)N3CCN(C(C)=O)CC3)C2)nc2ccccc21. The number of piperazine rings is 1. The molecule has 0 unspecified atom stereocenters. The zero-order valence-corrected chi connectivity index (χ0v) is 17.5. The molecule has 0 radical (unpaired) electrons. The van der Waals surface area contributed by atoms with Crippen molar-refractivity contribution in [2.75, 3.05) is 39.3 Å². The molecule has 0 bridgehead atoms. The normalized spacial score (nSPS) is 21.0. The number of amides is 2. The van der Waals surface area contributed by atoms with Gasteiger partial charge in [0.25, 0.3) is 0 Å². The number of para-hydroxylation sites is 2. The molecule has 7 heteroatoms. The van der Waals surface area contributed by atoms with Crippen LogP contribution in [0.2, 0.25) is 0 Å². The largest absolute Gasteiger partial charge is 0.339 e. The van der Waals surface area contributed by atoms with Gasteiger partial charge in [0, 0.05) is 46.2 Å². The third-order valence-corrected chi connectivity index (χ3v) is 6.31. The number of carbonyl (C=O) groups is 2. The highest BCUT2D eigenvalue weighted by Crippen LogP contribution is 2.23. The van der Waals surface area contributed by atoms with Crippen LogP contribution in [0.4, 0.5) is 0 Å². The number of imidazole rings is 1. The number of hydrogen-bond donors (Lipinski definition) is 0. The minimum Gasteiger partial charge on any atom is -0.339 e. The molecule has 4 rings (SSSR count). The van der Waals surface area contributed by atoms with E-state index in [9.17, 15) is 9.59 Å². The van der Waals surface area contributed by atoms with Gasteiger partial charge in [-0.2, -0.15) is 0 Å². The Labute approximate surface area is 172 Å². The molecule has 156 valence electrons. The second kappa shape index (κ2) is 8.53. The highest BCUT2D eigenvalue weighted by atomic mass is 16.2. The lowest BCUT2D eigenvalue weighted by Gasteiger charge is -2.38.